The predicted octanol–water partition coefficient (Wildman–Crippen LogP) is 3.90. The lowest BCUT2D eigenvalue weighted by Crippen LogP contribution is -2.20. The molecule has 0 aliphatic heterocycles. The van der Waals surface area contributed by atoms with E-state index in [1.807, 2.05) is 24.8 Å². The number of hydrogen-bond donors (Lipinski definition) is 1. The van der Waals surface area contributed by atoms with Crippen molar-refractivity contribution in [1.82, 2.24) is 9.97 Å². The van der Waals surface area contributed by atoms with Crippen LogP contribution in [0.15, 0.2) is 30.5 Å². The molecule has 21 heavy (non-hydrogen) atoms. The van der Waals surface area contributed by atoms with E-state index in [0.29, 0.717) is 12.5 Å². The predicted molar refractivity (Wildman–Crippen MR) is 84.6 cm³/mol. The lowest BCUT2D eigenvalue weighted by Gasteiger charge is -2.24. The summed E-state index contributed by atoms with van der Waals surface area (Å²) >= 11 is 0. The Morgan fingerprint density at radius 1 is 1.29 bits per heavy atom. The number of nitrogens with one attached hydrogen (secondary N) is 1. The standard InChI is InChI=1S/C16H21FN4/c1-4-9-18-16-19-11-12(3)15(20-16)21(5-2)14-8-6-7-13(17)10-14/h6-8,10-11H,4-5,9H2,1-3H3,(H,18,19,20). The Bertz CT molecular complexity index is 601. The van der Waals surface area contributed by atoms with E-state index in [4.69, 9.17) is 0 Å². The molecule has 5 heteroatoms. The molecule has 0 radical (unpaired) electrons. The molecule has 2 aromatic rings. The molecular formula is C16H21FN4. The monoisotopic (exact) mass is 288 g/mol. The number of hydrogen-bond acceptors (Lipinski definition) is 4. The maximum atomic E-state index is 13.5. The summed E-state index contributed by atoms with van der Waals surface area (Å²) < 4.78 is 13.5. The molecule has 0 spiro atoms. The summed E-state index contributed by atoms with van der Waals surface area (Å²) in [6, 6.07) is 6.55. The van der Waals surface area contributed by atoms with Crippen LogP contribution in [0.2, 0.25) is 0 Å². The number of nitrogens with zero attached hydrogens (tertiary/aromatic N) is 3. The van der Waals surface area contributed by atoms with Crippen LogP contribution in [0.4, 0.5) is 21.8 Å². The first kappa shape index (κ1) is 15.2. The van der Waals surface area contributed by atoms with E-state index in [1.165, 1.54) is 12.1 Å². The van der Waals surface area contributed by atoms with E-state index in [-0.39, 0.29) is 5.82 Å². The zero-order valence-electron chi connectivity index (χ0n) is 12.7. The minimum Gasteiger partial charge on any atom is -0.354 e. The normalized spacial score (nSPS) is 10.5. The minimum absolute atomic E-state index is 0.248. The first-order chi connectivity index (χ1) is 10.2. The van der Waals surface area contributed by atoms with Gasteiger partial charge in [-0.15, -0.1) is 0 Å². The van der Waals surface area contributed by atoms with Gasteiger partial charge in [0.1, 0.15) is 11.6 Å². The molecule has 0 bridgehead atoms. The number of halogens is 1. The first-order valence-corrected chi connectivity index (χ1v) is 7.26. The van der Waals surface area contributed by atoms with Crippen LogP contribution in [0.5, 0.6) is 0 Å². The SMILES string of the molecule is CCCNc1ncc(C)c(N(CC)c2cccc(F)c2)n1. The molecule has 0 saturated heterocycles. The summed E-state index contributed by atoms with van der Waals surface area (Å²) in [7, 11) is 0. The average molecular weight is 288 g/mol. The van der Waals surface area contributed by atoms with Crippen molar-refractivity contribution in [2.24, 2.45) is 0 Å². The van der Waals surface area contributed by atoms with Crippen LogP contribution in [0.1, 0.15) is 25.8 Å². The fourth-order valence-corrected chi connectivity index (χ4v) is 2.13. The molecule has 0 aliphatic carbocycles. The van der Waals surface area contributed by atoms with E-state index in [0.717, 1.165) is 30.0 Å². The van der Waals surface area contributed by atoms with Gasteiger partial charge in [0.2, 0.25) is 5.95 Å². The van der Waals surface area contributed by atoms with Crippen molar-refractivity contribution in [1.29, 1.82) is 0 Å². The quantitative estimate of drug-likeness (QED) is 0.875. The molecule has 4 nitrogen and oxygen atoms in total. The highest BCUT2D eigenvalue weighted by molar-refractivity contribution is 5.63. The largest absolute Gasteiger partial charge is 0.354 e. The molecule has 1 aromatic heterocycles. The van der Waals surface area contributed by atoms with Gasteiger partial charge in [-0.3, -0.25) is 0 Å². The van der Waals surface area contributed by atoms with Gasteiger partial charge in [-0.2, -0.15) is 4.98 Å². The molecular weight excluding hydrogens is 267 g/mol. The maximum absolute atomic E-state index is 13.5. The fourth-order valence-electron chi connectivity index (χ4n) is 2.13. The van der Waals surface area contributed by atoms with Gasteiger partial charge in [0, 0.05) is 30.5 Å². The Balaban J connectivity index is 2.37. The second kappa shape index (κ2) is 7.02. The first-order valence-electron chi connectivity index (χ1n) is 7.26. The number of benzene rings is 1. The molecule has 1 aromatic carbocycles. The highest BCUT2D eigenvalue weighted by atomic mass is 19.1. The molecule has 1 heterocycles. The van der Waals surface area contributed by atoms with E-state index in [9.17, 15) is 4.39 Å². The van der Waals surface area contributed by atoms with Crippen LogP contribution in [0, 0.1) is 12.7 Å². The molecule has 0 amide bonds. The molecule has 2 rings (SSSR count). The van der Waals surface area contributed by atoms with Gasteiger partial charge in [-0.05, 0) is 38.5 Å². The molecule has 0 saturated carbocycles. The van der Waals surface area contributed by atoms with Gasteiger partial charge < -0.3 is 10.2 Å². The van der Waals surface area contributed by atoms with Crippen LogP contribution < -0.4 is 10.2 Å². The second-order valence-electron chi connectivity index (χ2n) is 4.85. The van der Waals surface area contributed by atoms with Gasteiger partial charge in [0.15, 0.2) is 0 Å². The zero-order chi connectivity index (χ0) is 15.2. The summed E-state index contributed by atoms with van der Waals surface area (Å²) in [5.74, 6) is 1.16. The molecule has 0 fully saturated rings. The van der Waals surface area contributed by atoms with Crippen molar-refractivity contribution in [3.8, 4) is 0 Å². The van der Waals surface area contributed by atoms with Crippen LogP contribution in [-0.4, -0.2) is 23.1 Å². The van der Waals surface area contributed by atoms with Crippen molar-refractivity contribution >= 4 is 17.5 Å². The third-order valence-electron chi connectivity index (χ3n) is 3.17. The molecule has 112 valence electrons. The molecule has 0 unspecified atom stereocenters. The third-order valence-corrected chi connectivity index (χ3v) is 3.17. The Hall–Kier alpha value is -2.17. The summed E-state index contributed by atoms with van der Waals surface area (Å²) in [6.07, 6.45) is 2.80. The Morgan fingerprint density at radius 3 is 2.76 bits per heavy atom. The summed E-state index contributed by atoms with van der Waals surface area (Å²) in [5.41, 5.74) is 1.75. The summed E-state index contributed by atoms with van der Waals surface area (Å²) in [5, 5.41) is 3.18. The van der Waals surface area contributed by atoms with Crippen molar-refractivity contribution in [3.05, 3.63) is 41.8 Å². The topological polar surface area (TPSA) is 41.1 Å². The van der Waals surface area contributed by atoms with Gasteiger partial charge >= 0.3 is 0 Å². The van der Waals surface area contributed by atoms with Crippen LogP contribution >= 0.6 is 0 Å². The number of aromatic nitrogens is 2. The minimum atomic E-state index is -0.248. The summed E-state index contributed by atoms with van der Waals surface area (Å²) in [6.45, 7) is 7.60. The van der Waals surface area contributed by atoms with Gasteiger partial charge in [-0.1, -0.05) is 13.0 Å². The van der Waals surface area contributed by atoms with Crippen LogP contribution in [0.25, 0.3) is 0 Å². The lowest BCUT2D eigenvalue weighted by atomic mass is 10.2. The van der Waals surface area contributed by atoms with Crippen molar-refractivity contribution in [2.45, 2.75) is 27.2 Å². The van der Waals surface area contributed by atoms with Crippen molar-refractivity contribution in [2.75, 3.05) is 23.3 Å². The average Bonchev–Trinajstić information content (AvgIpc) is 2.48. The fraction of sp³-hybridized carbons (Fsp3) is 0.375. The van der Waals surface area contributed by atoms with Gasteiger partial charge in [0.25, 0.3) is 0 Å². The number of rotatable bonds is 6. The van der Waals surface area contributed by atoms with E-state index in [2.05, 4.69) is 22.2 Å². The molecule has 1 N–H and O–H groups in total. The molecule has 0 aliphatic rings. The highest BCUT2D eigenvalue weighted by Crippen LogP contribution is 2.27. The van der Waals surface area contributed by atoms with Crippen LogP contribution in [0.3, 0.4) is 0 Å². The van der Waals surface area contributed by atoms with E-state index < -0.39 is 0 Å². The van der Waals surface area contributed by atoms with Crippen molar-refractivity contribution < 1.29 is 4.39 Å². The Morgan fingerprint density at radius 2 is 2.10 bits per heavy atom. The Kier molecular flexibility index (Phi) is 5.09. The zero-order valence-corrected chi connectivity index (χ0v) is 12.7. The smallest absolute Gasteiger partial charge is 0.224 e. The molecule has 0 atom stereocenters. The second-order valence-corrected chi connectivity index (χ2v) is 4.85. The highest BCUT2D eigenvalue weighted by Gasteiger charge is 2.13. The number of anilines is 3. The van der Waals surface area contributed by atoms with Crippen molar-refractivity contribution in [3.63, 3.8) is 0 Å². The van der Waals surface area contributed by atoms with E-state index >= 15 is 0 Å². The summed E-state index contributed by atoms with van der Waals surface area (Å²) in [4.78, 5) is 10.8. The Labute approximate surface area is 125 Å². The maximum Gasteiger partial charge on any atom is 0.224 e. The number of aryl methyl sites for hydroxylation is 1. The lowest BCUT2D eigenvalue weighted by molar-refractivity contribution is 0.627. The third kappa shape index (κ3) is 3.68. The van der Waals surface area contributed by atoms with Gasteiger partial charge in [0.05, 0.1) is 0 Å². The van der Waals surface area contributed by atoms with Crippen LogP contribution in [-0.2, 0) is 0 Å². The van der Waals surface area contributed by atoms with Gasteiger partial charge in [-0.25, -0.2) is 9.37 Å². The van der Waals surface area contributed by atoms with E-state index in [1.54, 1.807) is 12.3 Å².